The molecular formula is C21H17ClN4O3. The van der Waals surface area contributed by atoms with Crippen LogP contribution in [0.1, 0.15) is 24.3 Å². The van der Waals surface area contributed by atoms with Crippen LogP contribution in [0.25, 0.3) is 11.5 Å². The van der Waals surface area contributed by atoms with Crippen molar-refractivity contribution >= 4 is 17.5 Å². The van der Waals surface area contributed by atoms with Gasteiger partial charge in [0.2, 0.25) is 11.8 Å². The van der Waals surface area contributed by atoms with Gasteiger partial charge >= 0.3 is 0 Å². The van der Waals surface area contributed by atoms with Crippen LogP contribution in [0.3, 0.4) is 0 Å². The van der Waals surface area contributed by atoms with Crippen molar-refractivity contribution in [1.29, 1.82) is 5.26 Å². The van der Waals surface area contributed by atoms with E-state index in [1.165, 1.54) is 0 Å². The summed E-state index contributed by atoms with van der Waals surface area (Å²) in [6.07, 6.45) is 1.86. The monoisotopic (exact) mass is 408 g/mol. The summed E-state index contributed by atoms with van der Waals surface area (Å²) >= 11 is 5.90. The van der Waals surface area contributed by atoms with Crippen LogP contribution in [0.15, 0.2) is 52.9 Å². The maximum Gasteiger partial charge on any atom is 0.261 e. The van der Waals surface area contributed by atoms with Crippen molar-refractivity contribution in [2.75, 3.05) is 6.61 Å². The molecule has 2 aromatic carbocycles. The van der Waals surface area contributed by atoms with Gasteiger partial charge in [0.1, 0.15) is 11.8 Å². The Labute approximate surface area is 172 Å². The Balaban J connectivity index is 1.42. The van der Waals surface area contributed by atoms with Crippen molar-refractivity contribution in [3.8, 4) is 23.3 Å². The molecule has 0 unspecified atom stereocenters. The van der Waals surface area contributed by atoms with Crippen LogP contribution in [-0.2, 0) is 11.3 Å². The maximum atomic E-state index is 12.7. The number of rotatable bonds is 7. The predicted molar refractivity (Wildman–Crippen MR) is 105 cm³/mol. The molecule has 8 heteroatoms. The Morgan fingerprint density at radius 3 is 2.69 bits per heavy atom. The fourth-order valence-corrected chi connectivity index (χ4v) is 3.01. The van der Waals surface area contributed by atoms with Gasteiger partial charge in [0.15, 0.2) is 6.61 Å². The number of amides is 1. The largest absolute Gasteiger partial charge is 0.482 e. The number of benzene rings is 2. The zero-order valence-corrected chi connectivity index (χ0v) is 16.2. The van der Waals surface area contributed by atoms with Gasteiger partial charge in [0, 0.05) is 16.6 Å². The highest BCUT2D eigenvalue weighted by Crippen LogP contribution is 2.29. The van der Waals surface area contributed by atoms with E-state index in [2.05, 4.69) is 16.3 Å². The molecule has 7 nitrogen and oxygen atoms in total. The van der Waals surface area contributed by atoms with E-state index in [-0.39, 0.29) is 25.1 Å². The van der Waals surface area contributed by atoms with E-state index in [1.54, 1.807) is 53.4 Å². The Hall–Kier alpha value is -3.37. The number of carbonyl (C=O) groups is 1. The predicted octanol–water partition coefficient (Wildman–Crippen LogP) is 3.83. The van der Waals surface area contributed by atoms with E-state index >= 15 is 0 Å². The van der Waals surface area contributed by atoms with E-state index in [0.29, 0.717) is 28.1 Å². The van der Waals surface area contributed by atoms with E-state index < -0.39 is 0 Å². The van der Waals surface area contributed by atoms with Crippen molar-refractivity contribution < 1.29 is 13.9 Å². The van der Waals surface area contributed by atoms with E-state index in [4.69, 9.17) is 26.0 Å². The van der Waals surface area contributed by atoms with Crippen molar-refractivity contribution in [2.24, 2.45) is 0 Å². The lowest BCUT2D eigenvalue weighted by atomic mass is 10.2. The van der Waals surface area contributed by atoms with Crippen LogP contribution in [0.5, 0.6) is 5.75 Å². The zero-order valence-electron chi connectivity index (χ0n) is 15.4. The molecule has 1 aliphatic rings. The fourth-order valence-electron chi connectivity index (χ4n) is 2.89. The molecule has 1 aromatic heterocycles. The molecule has 0 spiro atoms. The number of aromatic nitrogens is 2. The van der Waals surface area contributed by atoms with Crippen LogP contribution < -0.4 is 4.74 Å². The number of para-hydroxylation sites is 1. The van der Waals surface area contributed by atoms with E-state index in [0.717, 1.165) is 18.4 Å². The number of nitriles is 1. The van der Waals surface area contributed by atoms with Crippen LogP contribution in [0.2, 0.25) is 5.02 Å². The third kappa shape index (κ3) is 4.55. The summed E-state index contributed by atoms with van der Waals surface area (Å²) < 4.78 is 11.3. The summed E-state index contributed by atoms with van der Waals surface area (Å²) in [4.78, 5) is 14.4. The molecule has 0 radical (unpaired) electrons. The number of carbonyl (C=O) groups excluding carboxylic acids is 1. The quantitative estimate of drug-likeness (QED) is 0.589. The Morgan fingerprint density at radius 2 is 1.97 bits per heavy atom. The molecule has 1 aliphatic carbocycles. The number of halogens is 1. The third-order valence-electron chi connectivity index (χ3n) is 4.53. The summed E-state index contributed by atoms with van der Waals surface area (Å²) in [5, 5.41) is 17.9. The summed E-state index contributed by atoms with van der Waals surface area (Å²) in [5.74, 6) is 0.931. The topological polar surface area (TPSA) is 92.2 Å². The third-order valence-corrected chi connectivity index (χ3v) is 4.78. The normalized spacial score (nSPS) is 13.0. The van der Waals surface area contributed by atoms with Crippen LogP contribution in [0.4, 0.5) is 0 Å². The molecule has 1 amide bonds. The molecule has 1 heterocycles. The second-order valence-electron chi connectivity index (χ2n) is 6.66. The van der Waals surface area contributed by atoms with Gasteiger partial charge in [0.25, 0.3) is 5.91 Å². The van der Waals surface area contributed by atoms with Gasteiger partial charge in [-0.2, -0.15) is 5.26 Å². The van der Waals surface area contributed by atoms with Gasteiger partial charge in [-0.3, -0.25) is 4.79 Å². The molecule has 0 bridgehead atoms. The second kappa shape index (κ2) is 8.33. The standard InChI is InChI=1S/C21H17ClN4O3/c22-16-7-5-14(6-8-16)21-25-24-19(29-21)12-26(17-9-10-17)20(27)13-28-18-4-2-1-3-15(18)11-23/h1-8,17H,9-10,12-13H2. The average molecular weight is 409 g/mol. The van der Waals surface area contributed by atoms with Crippen molar-refractivity contribution in [1.82, 2.24) is 15.1 Å². The maximum absolute atomic E-state index is 12.7. The molecule has 0 N–H and O–H groups in total. The number of ether oxygens (including phenoxy) is 1. The molecule has 1 fully saturated rings. The molecule has 0 aliphatic heterocycles. The van der Waals surface area contributed by atoms with E-state index in [9.17, 15) is 4.79 Å². The Kier molecular flexibility index (Phi) is 5.45. The van der Waals surface area contributed by atoms with Gasteiger partial charge in [-0.1, -0.05) is 23.7 Å². The lowest BCUT2D eigenvalue weighted by Crippen LogP contribution is -2.36. The Morgan fingerprint density at radius 1 is 1.21 bits per heavy atom. The molecule has 3 aromatic rings. The van der Waals surface area contributed by atoms with Gasteiger partial charge in [-0.25, -0.2) is 0 Å². The minimum atomic E-state index is -0.188. The number of hydrogen-bond donors (Lipinski definition) is 0. The SMILES string of the molecule is N#Cc1ccccc1OCC(=O)N(Cc1nnc(-c2ccc(Cl)cc2)o1)C1CC1. The zero-order chi connectivity index (χ0) is 20.2. The highest BCUT2D eigenvalue weighted by molar-refractivity contribution is 6.30. The average Bonchev–Trinajstić information content (AvgIpc) is 3.48. The van der Waals surface area contributed by atoms with E-state index in [1.807, 2.05) is 0 Å². The molecule has 29 heavy (non-hydrogen) atoms. The van der Waals surface area contributed by atoms with Gasteiger partial charge in [-0.05, 0) is 49.2 Å². The summed E-state index contributed by atoms with van der Waals surface area (Å²) in [5.41, 5.74) is 1.15. The fraction of sp³-hybridized carbons (Fsp3) is 0.238. The van der Waals surface area contributed by atoms with Crippen LogP contribution >= 0.6 is 11.6 Å². The van der Waals surface area contributed by atoms with Crippen LogP contribution in [-0.4, -0.2) is 33.7 Å². The minimum absolute atomic E-state index is 0.142. The van der Waals surface area contributed by atoms with Gasteiger partial charge in [0.05, 0.1) is 12.1 Å². The number of hydrogen-bond acceptors (Lipinski definition) is 6. The van der Waals surface area contributed by atoms with Gasteiger partial charge in [-0.15, -0.1) is 10.2 Å². The smallest absolute Gasteiger partial charge is 0.261 e. The number of nitrogens with zero attached hydrogens (tertiary/aromatic N) is 4. The highest BCUT2D eigenvalue weighted by atomic mass is 35.5. The molecule has 0 atom stereocenters. The van der Waals surface area contributed by atoms with Gasteiger partial charge < -0.3 is 14.1 Å². The first-order chi connectivity index (χ1) is 14.1. The van der Waals surface area contributed by atoms with Crippen molar-refractivity contribution in [3.05, 3.63) is 65.0 Å². The highest BCUT2D eigenvalue weighted by Gasteiger charge is 2.34. The first-order valence-corrected chi connectivity index (χ1v) is 9.51. The summed E-state index contributed by atoms with van der Waals surface area (Å²) in [6.45, 7) is 0.0563. The second-order valence-corrected chi connectivity index (χ2v) is 7.09. The first-order valence-electron chi connectivity index (χ1n) is 9.14. The molecular weight excluding hydrogens is 392 g/mol. The minimum Gasteiger partial charge on any atom is -0.482 e. The summed E-state index contributed by atoms with van der Waals surface area (Å²) in [6, 6.07) is 16.1. The Bertz CT molecular complexity index is 1050. The van der Waals surface area contributed by atoms with Crippen LogP contribution in [0, 0.1) is 11.3 Å². The molecule has 1 saturated carbocycles. The van der Waals surface area contributed by atoms with Crippen molar-refractivity contribution in [2.45, 2.75) is 25.4 Å². The van der Waals surface area contributed by atoms with Crippen molar-refractivity contribution in [3.63, 3.8) is 0 Å². The molecule has 0 saturated heterocycles. The summed E-state index contributed by atoms with van der Waals surface area (Å²) in [7, 11) is 0. The first kappa shape index (κ1) is 19.0. The lowest BCUT2D eigenvalue weighted by molar-refractivity contribution is -0.134. The molecule has 4 rings (SSSR count). The molecule has 146 valence electrons. The lowest BCUT2D eigenvalue weighted by Gasteiger charge is -2.20.